The molecule has 4 rings (SSSR count). The van der Waals surface area contributed by atoms with Gasteiger partial charge < -0.3 is 14.4 Å². The Morgan fingerprint density at radius 1 is 1.36 bits per heavy atom. The summed E-state index contributed by atoms with van der Waals surface area (Å²) >= 11 is 0. The summed E-state index contributed by atoms with van der Waals surface area (Å²) in [5.41, 5.74) is 1.29. The fraction of sp³-hybridized carbons (Fsp3) is 0.500. The predicted octanol–water partition coefficient (Wildman–Crippen LogP) is 2.62. The summed E-state index contributed by atoms with van der Waals surface area (Å²) < 4.78 is 11.5. The van der Waals surface area contributed by atoms with Gasteiger partial charge in [-0.1, -0.05) is 43.2 Å². The van der Waals surface area contributed by atoms with Gasteiger partial charge in [-0.15, -0.1) is 0 Å². The smallest absolute Gasteiger partial charge is 0.312 e. The third kappa shape index (κ3) is 2.49. The molecule has 3 aliphatic heterocycles. The van der Waals surface area contributed by atoms with Crippen LogP contribution in [-0.2, 0) is 19.1 Å². The molecule has 2 saturated heterocycles. The van der Waals surface area contributed by atoms with Gasteiger partial charge in [-0.05, 0) is 25.5 Å². The van der Waals surface area contributed by atoms with Gasteiger partial charge in [0, 0.05) is 5.69 Å². The van der Waals surface area contributed by atoms with Gasteiger partial charge in [0.25, 0.3) is 0 Å². The molecule has 0 aromatic heterocycles. The number of amides is 1. The van der Waals surface area contributed by atoms with Gasteiger partial charge in [0.2, 0.25) is 5.91 Å². The molecule has 0 saturated carbocycles. The van der Waals surface area contributed by atoms with Gasteiger partial charge in [-0.3, -0.25) is 9.59 Å². The van der Waals surface area contributed by atoms with Crippen LogP contribution < -0.4 is 4.90 Å². The minimum Gasteiger partial charge on any atom is -0.465 e. The highest BCUT2D eigenvalue weighted by molar-refractivity contribution is 6.02. The Hall–Kier alpha value is -2.14. The van der Waals surface area contributed by atoms with Crippen LogP contribution in [0.15, 0.2) is 36.4 Å². The van der Waals surface area contributed by atoms with Crippen molar-refractivity contribution in [2.45, 2.75) is 38.4 Å². The zero-order valence-electron chi connectivity index (χ0n) is 14.6. The number of benzene rings is 1. The number of carbonyl (C=O) groups is 2. The van der Waals surface area contributed by atoms with E-state index in [-0.39, 0.29) is 18.0 Å². The second-order valence-electron chi connectivity index (χ2n) is 7.18. The highest BCUT2D eigenvalue weighted by Gasteiger charge is 2.67. The van der Waals surface area contributed by atoms with Crippen molar-refractivity contribution in [1.29, 1.82) is 0 Å². The molecular formula is C20H23NO4. The summed E-state index contributed by atoms with van der Waals surface area (Å²) in [7, 11) is 0. The zero-order valence-corrected chi connectivity index (χ0v) is 14.6. The molecule has 1 amide bonds. The van der Waals surface area contributed by atoms with E-state index < -0.39 is 17.4 Å². The van der Waals surface area contributed by atoms with Crippen molar-refractivity contribution in [1.82, 2.24) is 0 Å². The second-order valence-corrected chi connectivity index (χ2v) is 7.18. The molecule has 1 spiro atoms. The number of nitrogens with zero attached hydrogens (tertiary/aromatic N) is 1. The molecule has 0 radical (unpaired) electrons. The second kappa shape index (κ2) is 5.99. The van der Waals surface area contributed by atoms with Crippen LogP contribution in [0.4, 0.5) is 5.69 Å². The average molecular weight is 341 g/mol. The summed E-state index contributed by atoms with van der Waals surface area (Å²) in [5, 5.41) is 0. The van der Waals surface area contributed by atoms with Crippen molar-refractivity contribution >= 4 is 17.6 Å². The van der Waals surface area contributed by atoms with E-state index in [0.29, 0.717) is 13.2 Å². The van der Waals surface area contributed by atoms with Gasteiger partial charge in [0.15, 0.2) is 0 Å². The molecule has 0 aliphatic carbocycles. The normalized spacial score (nSPS) is 32.3. The quantitative estimate of drug-likeness (QED) is 0.469. The number of carbonyl (C=O) groups excluding carboxylic acids is 2. The van der Waals surface area contributed by atoms with Crippen molar-refractivity contribution in [3.8, 4) is 0 Å². The van der Waals surface area contributed by atoms with Gasteiger partial charge >= 0.3 is 5.97 Å². The number of rotatable bonds is 5. The maximum absolute atomic E-state index is 13.1. The van der Waals surface area contributed by atoms with Crippen LogP contribution in [0, 0.1) is 18.8 Å². The molecule has 5 heteroatoms. The van der Waals surface area contributed by atoms with Crippen LogP contribution in [0.5, 0.6) is 0 Å². The lowest BCUT2D eigenvalue weighted by Gasteiger charge is -2.22. The van der Waals surface area contributed by atoms with Crippen molar-refractivity contribution in [3.63, 3.8) is 0 Å². The van der Waals surface area contributed by atoms with Gasteiger partial charge in [0.05, 0.1) is 25.2 Å². The van der Waals surface area contributed by atoms with Crippen LogP contribution in [0.3, 0.4) is 0 Å². The maximum atomic E-state index is 13.1. The van der Waals surface area contributed by atoms with E-state index in [1.165, 1.54) is 0 Å². The summed E-state index contributed by atoms with van der Waals surface area (Å²) in [6, 6.07) is 7.85. The lowest BCUT2D eigenvalue weighted by molar-refractivity contribution is -0.152. The predicted molar refractivity (Wildman–Crippen MR) is 93.1 cm³/mol. The van der Waals surface area contributed by atoms with Crippen LogP contribution in [-0.4, -0.2) is 36.7 Å². The Balaban J connectivity index is 1.59. The molecule has 0 unspecified atom stereocenters. The Morgan fingerprint density at radius 3 is 2.84 bits per heavy atom. The third-order valence-electron chi connectivity index (χ3n) is 5.46. The largest absolute Gasteiger partial charge is 0.465 e. The number of anilines is 1. The first kappa shape index (κ1) is 16.3. The van der Waals surface area contributed by atoms with Crippen molar-refractivity contribution in [3.05, 3.63) is 42.0 Å². The number of esters is 1. The number of fused-ring (bicyclic) bond motifs is 1. The number of unbranched alkanes of at least 4 members (excludes halogenated alkanes) is 1. The molecule has 4 atom stereocenters. The average Bonchev–Trinajstić information content (AvgIpc) is 3.24. The van der Waals surface area contributed by atoms with E-state index in [1.54, 1.807) is 4.90 Å². The third-order valence-corrected chi connectivity index (χ3v) is 5.46. The molecule has 3 heterocycles. The molecule has 2 fully saturated rings. The molecule has 3 aliphatic rings. The molecule has 5 nitrogen and oxygen atoms in total. The van der Waals surface area contributed by atoms with Crippen LogP contribution in [0.1, 0.15) is 25.3 Å². The van der Waals surface area contributed by atoms with E-state index >= 15 is 0 Å². The maximum Gasteiger partial charge on any atom is 0.312 e. The van der Waals surface area contributed by atoms with Crippen molar-refractivity contribution in [2.75, 3.05) is 18.1 Å². The highest BCUT2D eigenvalue weighted by Crippen LogP contribution is 2.52. The van der Waals surface area contributed by atoms with Gasteiger partial charge in [-0.2, -0.15) is 0 Å². The first-order valence-electron chi connectivity index (χ1n) is 8.97. The summed E-state index contributed by atoms with van der Waals surface area (Å²) in [6.07, 6.45) is 5.33. The molecule has 0 N–H and O–H groups in total. The van der Waals surface area contributed by atoms with Crippen molar-refractivity contribution < 1.29 is 19.1 Å². The van der Waals surface area contributed by atoms with E-state index in [0.717, 1.165) is 24.1 Å². The lowest BCUT2D eigenvalue weighted by atomic mass is 9.77. The summed E-state index contributed by atoms with van der Waals surface area (Å²) in [5.74, 6) is -1.38. The number of ether oxygens (including phenoxy) is 2. The van der Waals surface area contributed by atoms with E-state index in [2.05, 4.69) is 0 Å². The summed E-state index contributed by atoms with van der Waals surface area (Å²) in [4.78, 5) is 27.4. The molecule has 1 aromatic rings. The lowest BCUT2D eigenvalue weighted by Crippen LogP contribution is -2.40. The Labute approximate surface area is 147 Å². The molecule has 25 heavy (non-hydrogen) atoms. The number of hydrogen-bond acceptors (Lipinski definition) is 4. The Morgan fingerprint density at radius 2 is 2.12 bits per heavy atom. The minimum absolute atomic E-state index is 0.0480. The standard InChI is InChI=1S/C20H23NO4/c1-3-4-11-24-19(23)16-15-9-10-20(25-15)12-21(18(22)17(16)20)14-7-5-13(2)6-8-14/h5-10,15-17H,3-4,11-12H2,1-2H3/t15-,16-,17+,20-/m1/s1. The Bertz CT molecular complexity index is 726. The summed E-state index contributed by atoms with van der Waals surface area (Å²) in [6.45, 7) is 4.91. The first-order valence-corrected chi connectivity index (χ1v) is 8.97. The molecule has 132 valence electrons. The van der Waals surface area contributed by atoms with Crippen LogP contribution in [0.2, 0.25) is 0 Å². The highest BCUT2D eigenvalue weighted by atomic mass is 16.6. The van der Waals surface area contributed by atoms with E-state index in [1.807, 2.05) is 50.3 Å². The Kier molecular flexibility index (Phi) is 3.91. The van der Waals surface area contributed by atoms with E-state index in [9.17, 15) is 9.59 Å². The topological polar surface area (TPSA) is 55.8 Å². The monoisotopic (exact) mass is 341 g/mol. The SMILES string of the molecule is CCCCOC(=O)[C@H]1[C@H]2C(=O)N(c3ccc(C)cc3)C[C@]23C=C[C@H]1O3. The molecule has 1 aromatic carbocycles. The number of aryl methyl sites for hydroxylation is 1. The zero-order chi connectivity index (χ0) is 17.6. The van der Waals surface area contributed by atoms with Crippen molar-refractivity contribution in [2.24, 2.45) is 11.8 Å². The fourth-order valence-electron chi connectivity index (χ4n) is 4.12. The van der Waals surface area contributed by atoms with Crippen LogP contribution in [0.25, 0.3) is 0 Å². The van der Waals surface area contributed by atoms with E-state index in [4.69, 9.17) is 9.47 Å². The van der Waals surface area contributed by atoms with Gasteiger partial charge in [-0.25, -0.2) is 0 Å². The fourth-order valence-corrected chi connectivity index (χ4v) is 4.12. The first-order chi connectivity index (χ1) is 12.1. The number of hydrogen-bond donors (Lipinski definition) is 0. The molecular weight excluding hydrogens is 318 g/mol. The van der Waals surface area contributed by atoms with Gasteiger partial charge in [0.1, 0.15) is 11.5 Å². The minimum atomic E-state index is -0.693. The molecule has 2 bridgehead atoms. The van der Waals surface area contributed by atoms with Crippen LogP contribution >= 0.6 is 0 Å².